The van der Waals surface area contributed by atoms with E-state index in [2.05, 4.69) is 15.6 Å². The Morgan fingerprint density at radius 2 is 2.15 bits per heavy atom. The summed E-state index contributed by atoms with van der Waals surface area (Å²) in [7, 11) is 0. The molecule has 2 amide bonds. The average molecular weight is 362 g/mol. The van der Waals surface area contributed by atoms with Gasteiger partial charge in [0.25, 0.3) is 0 Å². The minimum absolute atomic E-state index is 0.0378. The molecule has 3 heterocycles. The molecule has 0 aliphatic carbocycles. The lowest BCUT2D eigenvalue weighted by Crippen LogP contribution is -2.41. The van der Waals surface area contributed by atoms with Crippen molar-refractivity contribution in [1.82, 2.24) is 15.2 Å². The van der Waals surface area contributed by atoms with E-state index in [-0.39, 0.29) is 6.03 Å². The van der Waals surface area contributed by atoms with E-state index in [9.17, 15) is 4.79 Å². The molecule has 2 aliphatic rings. The van der Waals surface area contributed by atoms with Crippen molar-refractivity contribution in [1.29, 1.82) is 0 Å². The Kier molecular flexibility index (Phi) is 3.86. The molecule has 6 heteroatoms. The van der Waals surface area contributed by atoms with Gasteiger partial charge in [-0.15, -0.1) is 0 Å². The summed E-state index contributed by atoms with van der Waals surface area (Å²) in [6, 6.07) is 13.9. The van der Waals surface area contributed by atoms with Crippen LogP contribution in [0.15, 0.2) is 46.9 Å². The standard InChI is InChI=1S/C21H22N4O2/c1-13-4-2-3-5-16(13)20-24-17-7-6-15(10-19(17)27-20)23-21(26)25-9-8-14-11-22-12-18(14)25/h2-7,10,14,18,22H,8-9,11-12H2,1H3,(H,23,26)/t14-,18+/m0/s1. The second kappa shape index (κ2) is 6.39. The summed E-state index contributed by atoms with van der Waals surface area (Å²) in [5.41, 5.74) is 4.29. The molecule has 2 aromatic carbocycles. The van der Waals surface area contributed by atoms with Gasteiger partial charge in [0, 0.05) is 43.0 Å². The summed E-state index contributed by atoms with van der Waals surface area (Å²) in [6.07, 6.45) is 1.08. The van der Waals surface area contributed by atoms with Crippen LogP contribution in [0.5, 0.6) is 0 Å². The van der Waals surface area contributed by atoms with Crippen molar-refractivity contribution in [3.63, 3.8) is 0 Å². The zero-order valence-electron chi connectivity index (χ0n) is 15.2. The van der Waals surface area contributed by atoms with Crippen molar-refractivity contribution in [2.45, 2.75) is 19.4 Å². The molecule has 0 unspecified atom stereocenters. The van der Waals surface area contributed by atoms with Crippen molar-refractivity contribution >= 4 is 22.8 Å². The first-order valence-corrected chi connectivity index (χ1v) is 9.44. The minimum atomic E-state index is -0.0378. The predicted octanol–water partition coefficient (Wildman–Crippen LogP) is 3.63. The van der Waals surface area contributed by atoms with Gasteiger partial charge in [0.05, 0.1) is 0 Å². The van der Waals surface area contributed by atoms with Gasteiger partial charge in [-0.1, -0.05) is 18.2 Å². The van der Waals surface area contributed by atoms with E-state index in [1.807, 2.05) is 54.3 Å². The first kappa shape index (κ1) is 16.3. The number of rotatable bonds is 2. The minimum Gasteiger partial charge on any atom is -0.436 e. The Hall–Kier alpha value is -2.86. The third-order valence-corrected chi connectivity index (χ3v) is 5.72. The van der Waals surface area contributed by atoms with E-state index >= 15 is 0 Å². The smallest absolute Gasteiger partial charge is 0.322 e. The third kappa shape index (κ3) is 2.86. The van der Waals surface area contributed by atoms with Crippen LogP contribution in [0, 0.1) is 12.8 Å². The largest absolute Gasteiger partial charge is 0.436 e. The van der Waals surface area contributed by atoms with E-state index in [1.54, 1.807) is 0 Å². The number of likely N-dealkylation sites (tertiary alicyclic amines) is 1. The number of benzene rings is 2. The van der Waals surface area contributed by atoms with E-state index in [1.165, 1.54) is 0 Å². The first-order valence-electron chi connectivity index (χ1n) is 9.44. The second-order valence-corrected chi connectivity index (χ2v) is 7.41. The van der Waals surface area contributed by atoms with Gasteiger partial charge in [0.2, 0.25) is 5.89 Å². The maximum absolute atomic E-state index is 12.7. The highest BCUT2D eigenvalue weighted by Gasteiger charge is 2.39. The van der Waals surface area contributed by atoms with E-state index < -0.39 is 0 Å². The predicted molar refractivity (Wildman–Crippen MR) is 105 cm³/mol. The Bertz CT molecular complexity index is 1010. The molecular formula is C21H22N4O2. The Balaban J connectivity index is 1.38. The molecule has 0 bridgehead atoms. The number of aryl methyl sites for hydroxylation is 1. The van der Waals surface area contributed by atoms with Crippen LogP contribution in [0.4, 0.5) is 10.5 Å². The fraction of sp³-hybridized carbons (Fsp3) is 0.333. The highest BCUT2D eigenvalue weighted by Crippen LogP contribution is 2.30. The average Bonchev–Trinajstić information content (AvgIpc) is 3.36. The van der Waals surface area contributed by atoms with Crippen molar-refractivity contribution in [2.24, 2.45) is 5.92 Å². The summed E-state index contributed by atoms with van der Waals surface area (Å²) in [5, 5.41) is 6.40. The molecule has 6 nitrogen and oxygen atoms in total. The zero-order chi connectivity index (χ0) is 18.4. The fourth-order valence-electron chi connectivity index (χ4n) is 4.23. The second-order valence-electron chi connectivity index (χ2n) is 7.41. The van der Waals surface area contributed by atoms with Gasteiger partial charge in [-0.05, 0) is 43.0 Å². The normalized spacial score (nSPS) is 21.6. The summed E-state index contributed by atoms with van der Waals surface area (Å²) in [6.45, 7) is 4.76. The molecule has 1 aromatic heterocycles. The third-order valence-electron chi connectivity index (χ3n) is 5.72. The maximum Gasteiger partial charge on any atom is 0.322 e. The molecule has 0 spiro atoms. The van der Waals surface area contributed by atoms with Crippen LogP contribution in [0.25, 0.3) is 22.6 Å². The number of urea groups is 1. The molecule has 0 radical (unpaired) electrons. The van der Waals surface area contributed by atoms with Gasteiger partial charge < -0.3 is 20.0 Å². The fourth-order valence-corrected chi connectivity index (χ4v) is 4.23. The molecule has 2 fully saturated rings. The van der Waals surface area contributed by atoms with E-state index in [0.717, 1.165) is 48.4 Å². The molecular weight excluding hydrogens is 340 g/mol. The van der Waals surface area contributed by atoms with Gasteiger partial charge in [-0.2, -0.15) is 0 Å². The van der Waals surface area contributed by atoms with Crippen molar-refractivity contribution in [3.8, 4) is 11.5 Å². The molecule has 2 N–H and O–H groups in total. The number of aromatic nitrogens is 1. The van der Waals surface area contributed by atoms with Crippen LogP contribution in [0.2, 0.25) is 0 Å². The van der Waals surface area contributed by atoms with Crippen LogP contribution >= 0.6 is 0 Å². The van der Waals surface area contributed by atoms with Gasteiger partial charge in [0.1, 0.15) is 5.52 Å². The highest BCUT2D eigenvalue weighted by molar-refractivity contribution is 5.92. The van der Waals surface area contributed by atoms with Crippen molar-refractivity contribution in [2.75, 3.05) is 25.0 Å². The van der Waals surface area contributed by atoms with Crippen LogP contribution in [-0.2, 0) is 0 Å². The lowest BCUT2D eigenvalue weighted by Gasteiger charge is -2.23. The molecule has 0 saturated carbocycles. The van der Waals surface area contributed by atoms with Gasteiger partial charge in [-0.25, -0.2) is 9.78 Å². The lowest BCUT2D eigenvalue weighted by molar-refractivity contribution is 0.206. The van der Waals surface area contributed by atoms with Crippen LogP contribution in [0.3, 0.4) is 0 Å². The van der Waals surface area contributed by atoms with Gasteiger partial charge in [0.15, 0.2) is 5.58 Å². The van der Waals surface area contributed by atoms with Crippen molar-refractivity contribution < 1.29 is 9.21 Å². The number of amides is 2. The van der Waals surface area contributed by atoms with Crippen LogP contribution in [-0.4, -0.2) is 41.6 Å². The Morgan fingerprint density at radius 1 is 1.26 bits per heavy atom. The number of carbonyl (C=O) groups is 1. The van der Waals surface area contributed by atoms with E-state index in [0.29, 0.717) is 23.4 Å². The summed E-state index contributed by atoms with van der Waals surface area (Å²) in [4.78, 5) is 19.2. The number of hydrogen-bond acceptors (Lipinski definition) is 4. The lowest BCUT2D eigenvalue weighted by atomic mass is 10.1. The summed E-state index contributed by atoms with van der Waals surface area (Å²) in [5.74, 6) is 1.19. The first-order chi connectivity index (χ1) is 13.2. The highest BCUT2D eigenvalue weighted by atomic mass is 16.3. The Labute approximate surface area is 157 Å². The number of oxazole rings is 1. The Morgan fingerprint density at radius 3 is 3.04 bits per heavy atom. The molecule has 2 atom stereocenters. The van der Waals surface area contributed by atoms with Crippen molar-refractivity contribution in [3.05, 3.63) is 48.0 Å². The molecule has 2 aliphatic heterocycles. The molecule has 2 saturated heterocycles. The molecule has 138 valence electrons. The maximum atomic E-state index is 12.7. The van der Waals surface area contributed by atoms with E-state index in [4.69, 9.17) is 4.42 Å². The number of anilines is 1. The summed E-state index contributed by atoms with van der Waals surface area (Å²) >= 11 is 0. The topological polar surface area (TPSA) is 70.4 Å². The monoisotopic (exact) mass is 362 g/mol. The van der Waals surface area contributed by atoms with Crippen LogP contribution in [0.1, 0.15) is 12.0 Å². The SMILES string of the molecule is Cc1ccccc1-c1nc2ccc(NC(=O)N3CC[C@H]4CNC[C@H]43)cc2o1. The molecule has 3 aromatic rings. The van der Waals surface area contributed by atoms with Gasteiger partial charge >= 0.3 is 6.03 Å². The number of hydrogen-bond donors (Lipinski definition) is 2. The molecule has 27 heavy (non-hydrogen) atoms. The van der Waals surface area contributed by atoms with Gasteiger partial charge in [-0.3, -0.25) is 0 Å². The summed E-state index contributed by atoms with van der Waals surface area (Å²) < 4.78 is 5.97. The van der Waals surface area contributed by atoms with Crippen LogP contribution < -0.4 is 10.6 Å². The number of fused-ring (bicyclic) bond motifs is 2. The number of carbonyl (C=O) groups excluding carboxylic acids is 1. The number of nitrogens with zero attached hydrogens (tertiary/aromatic N) is 2. The molecule has 5 rings (SSSR count). The quantitative estimate of drug-likeness (QED) is 0.730. The zero-order valence-corrected chi connectivity index (χ0v) is 15.2. The number of nitrogens with one attached hydrogen (secondary N) is 2.